The first-order chi connectivity index (χ1) is 24.3. The average Bonchev–Trinajstić information content (AvgIpc) is 3.55. The predicted molar refractivity (Wildman–Crippen MR) is 197 cm³/mol. The van der Waals surface area contributed by atoms with E-state index in [2.05, 4.69) is 41.5 Å². The van der Waals surface area contributed by atoms with Crippen molar-refractivity contribution < 1.29 is 24.2 Å². The Bertz CT molecular complexity index is 1710. The number of carbonyl (C=O) groups excluding carboxylic acids is 4. The number of benzene rings is 2. The van der Waals surface area contributed by atoms with E-state index in [-0.39, 0.29) is 35.2 Å². The molecule has 1 unspecified atom stereocenters. The standard InChI is InChI=1S/C39H52N8O4/c1-7-13-32(46-38(51)33(23-39(4,5)6)47-36(49)28-18-20-40-21-19-28)37(50)43-29(22-27-14-9-8-10-15-27)24-41-26(3)35(48)42-25(2)34-44-30-16-11-12-17-31(30)45-34/h8-12,14-21,25-26,29,32-33,41H,7,13,22-24H2,1-6H3,(H,42,48)(H,43,50)(H,44,45)(H,46,51)(H,47,49)/p+1/t25?,26-,29-,32-,33-/m0/s1. The Morgan fingerprint density at radius 2 is 1.47 bits per heavy atom. The Morgan fingerprint density at radius 1 is 0.804 bits per heavy atom. The molecular formula is C39H53N8O4+. The summed E-state index contributed by atoms with van der Waals surface area (Å²) in [6.45, 7) is 11.9. The number of amides is 4. The minimum Gasteiger partial charge on any atom is -0.350 e. The van der Waals surface area contributed by atoms with Crippen molar-refractivity contribution in [2.45, 2.75) is 97.4 Å². The largest absolute Gasteiger partial charge is 0.350 e. The summed E-state index contributed by atoms with van der Waals surface area (Å²) >= 11 is 0. The number of aromatic amines is 2. The Balaban J connectivity index is 1.42. The van der Waals surface area contributed by atoms with Gasteiger partial charge in [0.25, 0.3) is 5.91 Å². The molecule has 0 bridgehead atoms. The molecule has 0 spiro atoms. The third kappa shape index (κ3) is 12.0. The lowest BCUT2D eigenvalue weighted by Crippen LogP contribution is -2.57. The molecule has 0 aliphatic carbocycles. The van der Waals surface area contributed by atoms with Crippen LogP contribution < -0.4 is 31.6 Å². The van der Waals surface area contributed by atoms with Crippen LogP contribution in [0.3, 0.4) is 0 Å². The number of hydrogen-bond donors (Lipinski definition) is 6. The van der Waals surface area contributed by atoms with Crippen LogP contribution in [-0.4, -0.2) is 64.3 Å². The Labute approximate surface area is 300 Å². The first-order valence-corrected chi connectivity index (χ1v) is 17.7. The summed E-state index contributed by atoms with van der Waals surface area (Å²) in [6.07, 6.45) is 5.23. The van der Waals surface area contributed by atoms with Crippen LogP contribution in [0.5, 0.6) is 0 Å². The number of nitrogens with one attached hydrogen (secondary N) is 7. The quantitative estimate of drug-likeness (QED) is 0.0981. The van der Waals surface area contributed by atoms with Gasteiger partial charge < -0.3 is 31.6 Å². The van der Waals surface area contributed by atoms with E-state index in [0.29, 0.717) is 43.6 Å². The normalized spacial score (nSPS) is 14.5. The highest BCUT2D eigenvalue weighted by Crippen LogP contribution is 2.22. The molecule has 12 heteroatoms. The van der Waals surface area contributed by atoms with Crippen LogP contribution in [0, 0.1) is 5.41 Å². The fourth-order valence-electron chi connectivity index (χ4n) is 5.80. The minimum atomic E-state index is -0.850. The summed E-state index contributed by atoms with van der Waals surface area (Å²) in [5.74, 6) is -0.662. The van der Waals surface area contributed by atoms with Crippen LogP contribution in [0.1, 0.15) is 88.6 Å². The average molecular weight is 698 g/mol. The van der Waals surface area contributed by atoms with Crippen LogP contribution >= 0.6 is 0 Å². The van der Waals surface area contributed by atoms with Gasteiger partial charge >= 0.3 is 0 Å². The number of fused-ring (bicyclic) bond motifs is 1. The Kier molecular flexibility index (Phi) is 13.8. The van der Waals surface area contributed by atoms with E-state index in [0.717, 1.165) is 16.6 Å². The van der Waals surface area contributed by atoms with Gasteiger partial charge in [-0.1, -0.05) is 76.6 Å². The second kappa shape index (κ2) is 18.2. The van der Waals surface area contributed by atoms with E-state index in [4.69, 9.17) is 0 Å². The molecule has 12 nitrogen and oxygen atoms in total. The molecule has 4 aromatic rings. The van der Waals surface area contributed by atoms with Gasteiger partial charge in [-0.25, -0.2) is 9.97 Å². The topological polar surface area (TPSA) is 171 Å². The van der Waals surface area contributed by atoms with Gasteiger partial charge in [-0.05, 0) is 56.2 Å². The lowest BCUT2D eigenvalue weighted by atomic mass is 9.87. The number of rotatable bonds is 17. The van der Waals surface area contributed by atoms with Crippen molar-refractivity contribution in [3.63, 3.8) is 0 Å². The zero-order valence-corrected chi connectivity index (χ0v) is 30.5. The van der Waals surface area contributed by atoms with Crippen LogP contribution in [0.25, 0.3) is 11.0 Å². The highest BCUT2D eigenvalue weighted by molar-refractivity contribution is 5.98. The SMILES string of the molecule is CCC[C@H](NC(=O)[C@H](CC(C)(C)C)NC(=O)c1cc[nH+]cc1)C(=O)N[C@H](CN[C@@H](C)C(=O)NC(C)c1nc2ccccc2[nH]1)Cc1ccccc1. The maximum Gasteiger partial charge on any atom is 0.252 e. The first kappa shape index (κ1) is 38.7. The van der Waals surface area contributed by atoms with E-state index in [1.54, 1.807) is 31.5 Å². The lowest BCUT2D eigenvalue weighted by molar-refractivity contribution is -0.378. The lowest BCUT2D eigenvalue weighted by Gasteiger charge is -2.29. The van der Waals surface area contributed by atoms with Crippen LogP contribution in [0.15, 0.2) is 79.1 Å². The summed E-state index contributed by atoms with van der Waals surface area (Å²) in [7, 11) is 0. The zero-order chi connectivity index (χ0) is 37.0. The highest BCUT2D eigenvalue weighted by Gasteiger charge is 2.31. The van der Waals surface area contributed by atoms with Crippen molar-refractivity contribution >= 4 is 34.7 Å². The minimum absolute atomic E-state index is 0.204. The van der Waals surface area contributed by atoms with E-state index in [1.807, 2.05) is 89.2 Å². The molecule has 0 saturated heterocycles. The summed E-state index contributed by atoms with van der Waals surface area (Å²) < 4.78 is 0. The van der Waals surface area contributed by atoms with Gasteiger partial charge in [-0.15, -0.1) is 0 Å². The van der Waals surface area contributed by atoms with E-state index in [9.17, 15) is 19.2 Å². The number of pyridine rings is 1. The molecule has 0 aliphatic heterocycles. The Morgan fingerprint density at radius 3 is 2.14 bits per heavy atom. The van der Waals surface area contributed by atoms with Crippen molar-refractivity contribution in [3.05, 3.63) is 96.1 Å². The van der Waals surface area contributed by atoms with Gasteiger partial charge in [0.05, 0.1) is 28.7 Å². The third-order valence-corrected chi connectivity index (χ3v) is 8.54. The highest BCUT2D eigenvalue weighted by atomic mass is 16.2. The molecule has 0 aliphatic rings. The zero-order valence-electron chi connectivity index (χ0n) is 30.5. The molecule has 0 fully saturated rings. The molecule has 2 aromatic carbocycles. The van der Waals surface area contributed by atoms with Gasteiger partial charge in [0.1, 0.15) is 17.9 Å². The van der Waals surface area contributed by atoms with Gasteiger partial charge in [-0.2, -0.15) is 0 Å². The fourth-order valence-corrected chi connectivity index (χ4v) is 5.80. The van der Waals surface area contributed by atoms with Gasteiger partial charge in [0.15, 0.2) is 12.4 Å². The summed E-state index contributed by atoms with van der Waals surface area (Å²) in [5.41, 5.74) is 2.89. The molecule has 5 atom stereocenters. The van der Waals surface area contributed by atoms with Crippen molar-refractivity contribution in [2.75, 3.05) is 6.54 Å². The molecule has 272 valence electrons. The number of carbonyl (C=O) groups is 4. The van der Waals surface area contributed by atoms with Crippen molar-refractivity contribution in [1.82, 2.24) is 36.6 Å². The van der Waals surface area contributed by atoms with Crippen LogP contribution in [0.2, 0.25) is 0 Å². The third-order valence-electron chi connectivity index (χ3n) is 8.54. The maximum absolute atomic E-state index is 13.8. The number of nitrogens with zero attached hydrogens (tertiary/aromatic N) is 1. The summed E-state index contributed by atoms with van der Waals surface area (Å²) in [5, 5.41) is 15.2. The molecule has 51 heavy (non-hydrogen) atoms. The number of aromatic nitrogens is 3. The number of H-pyrrole nitrogens is 2. The molecule has 2 aromatic heterocycles. The summed E-state index contributed by atoms with van der Waals surface area (Å²) in [6, 6.07) is 17.8. The van der Waals surface area contributed by atoms with Crippen molar-refractivity contribution in [3.8, 4) is 0 Å². The van der Waals surface area contributed by atoms with E-state index >= 15 is 0 Å². The van der Waals surface area contributed by atoms with Crippen LogP contribution in [0.4, 0.5) is 0 Å². The van der Waals surface area contributed by atoms with E-state index in [1.165, 1.54) is 0 Å². The molecule has 2 heterocycles. The van der Waals surface area contributed by atoms with Crippen LogP contribution in [-0.2, 0) is 20.8 Å². The van der Waals surface area contributed by atoms with Gasteiger partial charge in [0, 0.05) is 24.7 Å². The molecule has 7 N–H and O–H groups in total. The maximum atomic E-state index is 13.8. The van der Waals surface area contributed by atoms with Gasteiger partial charge in [0.2, 0.25) is 17.7 Å². The smallest absolute Gasteiger partial charge is 0.252 e. The second-order valence-electron chi connectivity index (χ2n) is 14.3. The first-order valence-electron chi connectivity index (χ1n) is 17.7. The predicted octanol–water partition coefficient (Wildman–Crippen LogP) is 3.78. The molecule has 4 amide bonds. The number of imidazole rings is 1. The fraction of sp³-hybridized carbons (Fsp3) is 0.436. The molecule has 0 radical (unpaired) electrons. The molecule has 0 saturated carbocycles. The monoisotopic (exact) mass is 697 g/mol. The van der Waals surface area contributed by atoms with Gasteiger partial charge in [-0.3, -0.25) is 19.2 Å². The van der Waals surface area contributed by atoms with Crippen molar-refractivity contribution in [1.29, 1.82) is 0 Å². The number of para-hydroxylation sites is 2. The number of hydrogen-bond acceptors (Lipinski definition) is 6. The molecular weight excluding hydrogens is 644 g/mol. The van der Waals surface area contributed by atoms with Crippen molar-refractivity contribution in [2.24, 2.45) is 5.41 Å². The van der Waals surface area contributed by atoms with E-state index < -0.39 is 24.0 Å². The Hall–Kier alpha value is -5.10. The summed E-state index contributed by atoms with van der Waals surface area (Å²) in [4.78, 5) is 64.5. The second-order valence-corrected chi connectivity index (χ2v) is 14.3. The molecule has 4 rings (SSSR count).